The highest BCUT2D eigenvalue weighted by Crippen LogP contribution is 2.25. The Kier molecular flexibility index (Phi) is 4.12. The van der Waals surface area contributed by atoms with Crippen molar-refractivity contribution in [2.75, 3.05) is 37.6 Å². The summed E-state index contributed by atoms with van der Waals surface area (Å²) in [6.07, 6.45) is 2.08. The van der Waals surface area contributed by atoms with E-state index in [0.717, 1.165) is 50.0 Å². The van der Waals surface area contributed by atoms with Crippen molar-refractivity contribution < 1.29 is 4.79 Å². The molecular weight excluding hydrogens is 286 g/mol. The van der Waals surface area contributed by atoms with Crippen LogP contribution in [0.1, 0.15) is 19.5 Å². The monoisotopic (exact) mass is 307 g/mol. The molecule has 0 spiro atoms. The van der Waals surface area contributed by atoms with Gasteiger partial charge in [-0.05, 0) is 6.54 Å². The zero-order valence-electron chi connectivity index (χ0n) is 12.5. The Labute approximate surface area is 128 Å². The molecule has 3 rings (SSSR count). The van der Waals surface area contributed by atoms with Gasteiger partial charge in [0.2, 0.25) is 5.91 Å². The van der Waals surface area contributed by atoms with Crippen LogP contribution < -0.4 is 10.2 Å². The second-order valence-corrected chi connectivity index (χ2v) is 6.08. The molecule has 0 radical (unpaired) electrons. The zero-order chi connectivity index (χ0) is 14.8. The Hall–Kier alpha value is -1.60. The summed E-state index contributed by atoms with van der Waals surface area (Å²) >= 11 is 1.66. The van der Waals surface area contributed by atoms with Gasteiger partial charge >= 0.3 is 0 Å². The predicted octanol–water partition coefficient (Wildman–Crippen LogP) is 1.17. The molecule has 0 aliphatic carbocycles. The third-order valence-electron chi connectivity index (χ3n) is 3.91. The Morgan fingerprint density at radius 1 is 1.38 bits per heavy atom. The van der Waals surface area contributed by atoms with E-state index in [-0.39, 0.29) is 5.91 Å². The minimum Gasteiger partial charge on any atom is -0.351 e. The van der Waals surface area contributed by atoms with Gasteiger partial charge in [0.15, 0.2) is 10.8 Å². The largest absolute Gasteiger partial charge is 0.351 e. The lowest BCUT2D eigenvalue weighted by molar-refractivity contribution is -0.129. The van der Waals surface area contributed by atoms with Gasteiger partial charge in [-0.3, -0.25) is 9.20 Å². The average molecular weight is 307 g/mol. The lowest BCUT2D eigenvalue weighted by atomic mass is 10.3. The van der Waals surface area contributed by atoms with Crippen molar-refractivity contribution in [3.05, 3.63) is 17.3 Å². The van der Waals surface area contributed by atoms with Crippen LogP contribution in [-0.4, -0.2) is 52.9 Å². The van der Waals surface area contributed by atoms with Crippen molar-refractivity contribution in [3.8, 4) is 0 Å². The molecule has 0 atom stereocenters. The minimum absolute atomic E-state index is 0.161. The van der Waals surface area contributed by atoms with Gasteiger partial charge in [0.05, 0.1) is 5.69 Å². The van der Waals surface area contributed by atoms with Gasteiger partial charge in [0.1, 0.15) is 0 Å². The highest BCUT2D eigenvalue weighted by Gasteiger charge is 2.24. The van der Waals surface area contributed by atoms with Crippen molar-refractivity contribution in [3.63, 3.8) is 0 Å². The summed E-state index contributed by atoms with van der Waals surface area (Å²) in [5, 5.41) is 5.46. The fraction of sp³-hybridized carbons (Fsp3) is 0.571. The number of thiazole rings is 1. The molecule has 7 heteroatoms. The molecule has 114 valence electrons. The molecular formula is C14H21N5OS. The zero-order valence-corrected chi connectivity index (χ0v) is 13.3. The number of fused-ring (bicyclic) bond motifs is 1. The first-order valence-corrected chi connectivity index (χ1v) is 8.24. The second-order valence-electron chi connectivity index (χ2n) is 5.21. The number of carbonyl (C=O) groups excluding carboxylic acids is 1. The lowest BCUT2D eigenvalue weighted by Crippen LogP contribution is -2.48. The summed E-state index contributed by atoms with van der Waals surface area (Å²) < 4.78 is 2.17. The lowest BCUT2D eigenvalue weighted by Gasteiger charge is -2.34. The molecule has 0 unspecified atom stereocenters. The summed E-state index contributed by atoms with van der Waals surface area (Å²) in [5.41, 5.74) is 1.21. The van der Waals surface area contributed by atoms with Gasteiger partial charge in [0.25, 0.3) is 0 Å². The van der Waals surface area contributed by atoms with Crippen LogP contribution in [0.5, 0.6) is 0 Å². The summed E-state index contributed by atoms with van der Waals surface area (Å²) in [7, 11) is 0. The van der Waals surface area contributed by atoms with Crippen molar-refractivity contribution in [2.45, 2.75) is 20.4 Å². The molecule has 1 saturated heterocycles. The number of hydrogen-bond acceptors (Lipinski definition) is 5. The molecule has 0 bridgehead atoms. The topological polar surface area (TPSA) is 52.9 Å². The van der Waals surface area contributed by atoms with E-state index in [1.54, 1.807) is 18.3 Å². The molecule has 2 aromatic heterocycles. The molecule has 0 aromatic carbocycles. The average Bonchev–Trinajstić information content (AvgIpc) is 3.06. The van der Waals surface area contributed by atoms with Gasteiger partial charge in [-0.15, -0.1) is 11.3 Å². The number of nitrogens with one attached hydrogen (secondary N) is 1. The van der Waals surface area contributed by atoms with Gasteiger partial charge in [-0.1, -0.05) is 6.92 Å². The third kappa shape index (κ3) is 2.75. The number of amides is 1. The van der Waals surface area contributed by atoms with Crippen LogP contribution in [0.4, 0.5) is 5.82 Å². The van der Waals surface area contributed by atoms with E-state index in [0.29, 0.717) is 0 Å². The standard InChI is InChI=1S/C14H21N5OS/c1-3-15-10-12-13(16-14-19(12)8-9-21-14)18-6-4-17(5-7-18)11(2)20/h8-9,15H,3-7,10H2,1-2H3. The molecule has 1 aliphatic heterocycles. The van der Waals surface area contributed by atoms with E-state index in [9.17, 15) is 4.79 Å². The molecule has 2 aromatic rings. The van der Waals surface area contributed by atoms with Crippen LogP contribution in [0.15, 0.2) is 11.6 Å². The van der Waals surface area contributed by atoms with Crippen LogP contribution in [0.2, 0.25) is 0 Å². The molecule has 1 amide bonds. The van der Waals surface area contributed by atoms with E-state index in [2.05, 4.69) is 33.1 Å². The van der Waals surface area contributed by atoms with Crippen molar-refractivity contribution in [1.82, 2.24) is 19.6 Å². The number of anilines is 1. The Bertz CT molecular complexity index is 626. The van der Waals surface area contributed by atoms with Crippen molar-refractivity contribution in [1.29, 1.82) is 0 Å². The molecule has 0 saturated carbocycles. The van der Waals surface area contributed by atoms with E-state index >= 15 is 0 Å². The highest BCUT2D eigenvalue weighted by molar-refractivity contribution is 7.15. The Morgan fingerprint density at radius 2 is 2.14 bits per heavy atom. The summed E-state index contributed by atoms with van der Waals surface area (Å²) in [4.78, 5) is 21.4. The normalized spacial score (nSPS) is 15.9. The first kappa shape index (κ1) is 14.3. The highest BCUT2D eigenvalue weighted by atomic mass is 32.1. The van der Waals surface area contributed by atoms with Crippen LogP contribution in [0.3, 0.4) is 0 Å². The number of nitrogens with zero attached hydrogens (tertiary/aromatic N) is 4. The quantitative estimate of drug-likeness (QED) is 0.921. The predicted molar refractivity (Wildman–Crippen MR) is 84.9 cm³/mol. The van der Waals surface area contributed by atoms with E-state index in [4.69, 9.17) is 4.98 Å². The smallest absolute Gasteiger partial charge is 0.219 e. The molecule has 1 N–H and O–H groups in total. The van der Waals surface area contributed by atoms with Crippen molar-refractivity contribution in [2.24, 2.45) is 0 Å². The number of aromatic nitrogens is 2. The van der Waals surface area contributed by atoms with Crippen LogP contribution in [-0.2, 0) is 11.3 Å². The summed E-state index contributed by atoms with van der Waals surface area (Å²) in [5.74, 6) is 1.22. The number of imidazole rings is 1. The molecule has 6 nitrogen and oxygen atoms in total. The van der Waals surface area contributed by atoms with Gasteiger partial charge < -0.3 is 15.1 Å². The van der Waals surface area contributed by atoms with E-state index in [1.807, 2.05) is 4.90 Å². The summed E-state index contributed by atoms with van der Waals surface area (Å²) in [6.45, 7) is 8.76. The van der Waals surface area contributed by atoms with E-state index in [1.165, 1.54) is 5.69 Å². The summed E-state index contributed by atoms with van der Waals surface area (Å²) in [6, 6.07) is 0. The third-order valence-corrected chi connectivity index (χ3v) is 4.66. The van der Waals surface area contributed by atoms with Crippen molar-refractivity contribution >= 4 is 28.0 Å². The maximum absolute atomic E-state index is 11.4. The number of rotatable bonds is 4. The van der Waals surface area contributed by atoms with Gasteiger partial charge in [0, 0.05) is 51.2 Å². The maximum Gasteiger partial charge on any atom is 0.219 e. The van der Waals surface area contributed by atoms with Crippen LogP contribution in [0, 0.1) is 0 Å². The fourth-order valence-corrected chi connectivity index (χ4v) is 3.44. The van der Waals surface area contributed by atoms with E-state index < -0.39 is 0 Å². The first-order chi connectivity index (χ1) is 10.2. The number of piperazine rings is 1. The van der Waals surface area contributed by atoms with Crippen LogP contribution >= 0.6 is 11.3 Å². The fourth-order valence-electron chi connectivity index (χ4n) is 2.72. The molecule has 1 fully saturated rings. The SMILES string of the molecule is CCNCc1c(N2CCN(C(C)=O)CC2)nc2sccn12. The van der Waals surface area contributed by atoms with Gasteiger partial charge in [-0.2, -0.15) is 0 Å². The molecule has 1 aliphatic rings. The Morgan fingerprint density at radius 3 is 2.81 bits per heavy atom. The molecule has 3 heterocycles. The van der Waals surface area contributed by atoms with Crippen LogP contribution in [0.25, 0.3) is 4.96 Å². The second kappa shape index (κ2) is 6.03. The first-order valence-electron chi connectivity index (χ1n) is 7.36. The number of hydrogen-bond donors (Lipinski definition) is 1. The van der Waals surface area contributed by atoms with Gasteiger partial charge in [-0.25, -0.2) is 4.98 Å². The maximum atomic E-state index is 11.4. The Balaban J connectivity index is 1.83. The molecule has 21 heavy (non-hydrogen) atoms. The number of carbonyl (C=O) groups is 1. The minimum atomic E-state index is 0.161.